The lowest BCUT2D eigenvalue weighted by Crippen LogP contribution is -2.47. The SMILES string of the molecule is COCCN1C[C@H](Cc2ccccc2)n2cc(C(=O)CS(C)(=O)=O)c(=O)c(OCc3ccccc3)c2C1=O.COCCN1C[C@H](Cc2ccccc2)n2cc(C(=O)CS(C)(=O)=O)c(=O)c(OCc3ccccc3)c2C1=O.COCCN1C[C@H](Cc2ccccc2)n2cc(C(=O)O)c(=O)c(OCc3ccccc3)c2C1=O. The molecule has 0 saturated carbocycles. The summed E-state index contributed by atoms with van der Waals surface area (Å²) in [5, 5.41) is 9.71. The Kier molecular flexibility index (Phi) is 27.7. The molecule has 0 aliphatic carbocycles. The third-order valence-electron chi connectivity index (χ3n) is 18.5. The van der Waals surface area contributed by atoms with Gasteiger partial charge in [0.05, 0.1) is 49.1 Å². The molecule has 28 heteroatoms. The molecule has 0 unspecified atom stereocenters. The van der Waals surface area contributed by atoms with Crippen molar-refractivity contribution in [1.82, 2.24) is 28.4 Å². The van der Waals surface area contributed by atoms with Crippen molar-refractivity contribution in [2.24, 2.45) is 0 Å². The predicted octanol–water partition coefficient (Wildman–Crippen LogP) is 8.09. The van der Waals surface area contributed by atoms with Crippen LogP contribution in [-0.2, 0) is 73.0 Å². The number of rotatable bonds is 31. The van der Waals surface area contributed by atoms with Crippen LogP contribution in [0, 0.1) is 0 Å². The number of hydrogen-bond acceptors (Lipinski definition) is 19. The highest BCUT2D eigenvalue weighted by Gasteiger charge is 2.40. The van der Waals surface area contributed by atoms with Gasteiger partial charge in [0.15, 0.2) is 65.6 Å². The van der Waals surface area contributed by atoms with Gasteiger partial charge in [0.2, 0.25) is 16.3 Å². The number of carbonyl (C=O) groups excluding carboxylic acids is 5. The summed E-state index contributed by atoms with van der Waals surface area (Å²) in [7, 11) is -2.75. The smallest absolute Gasteiger partial charge is 0.341 e. The highest BCUT2D eigenvalue weighted by molar-refractivity contribution is 7.91. The first kappa shape index (κ1) is 81.1. The summed E-state index contributed by atoms with van der Waals surface area (Å²) < 4.78 is 85.7. The Morgan fingerprint density at radius 1 is 0.373 bits per heavy atom. The Morgan fingerprint density at radius 2 is 0.609 bits per heavy atom. The first-order valence-corrected chi connectivity index (χ1v) is 39.5. The van der Waals surface area contributed by atoms with Crippen LogP contribution in [0.25, 0.3) is 0 Å². The minimum atomic E-state index is -3.70. The van der Waals surface area contributed by atoms with Crippen LogP contribution in [0.3, 0.4) is 0 Å². The minimum Gasteiger partial charge on any atom is -0.483 e. The summed E-state index contributed by atoms with van der Waals surface area (Å²) in [6, 6.07) is 55.4. The van der Waals surface area contributed by atoms with Gasteiger partial charge in [0.25, 0.3) is 17.7 Å². The fraction of sp³-hybridized carbons (Fsp3) is 0.305. The second kappa shape index (κ2) is 37.6. The van der Waals surface area contributed by atoms with Gasteiger partial charge in [0, 0.05) is 91.7 Å². The number of Topliss-reactive ketones (excluding diaryl/α,β-unsaturated/α-hetero) is 2. The van der Waals surface area contributed by atoms with Crippen LogP contribution in [0.4, 0.5) is 0 Å². The first-order chi connectivity index (χ1) is 52.8. The second-order valence-electron chi connectivity index (χ2n) is 26.7. The molecule has 576 valence electrons. The number of benzene rings is 6. The Balaban J connectivity index is 0.000000176. The molecular formula is C82H86N6O20S2. The minimum absolute atomic E-state index is 0.0124. The average molecular weight is 1540 g/mol. The summed E-state index contributed by atoms with van der Waals surface area (Å²) in [6.45, 7) is 2.88. The van der Waals surface area contributed by atoms with E-state index in [1.54, 1.807) is 49.7 Å². The van der Waals surface area contributed by atoms with Crippen molar-refractivity contribution in [2.75, 3.05) is 104 Å². The number of carboxylic acid groups (broad SMARTS) is 1. The number of carboxylic acids is 1. The van der Waals surface area contributed by atoms with Crippen molar-refractivity contribution in [2.45, 2.75) is 57.2 Å². The molecule has 6 heterocycles. The lowest BCUT2D eigenvalue weighted by Gasteiger charge is -2.37. The standard InChI is InChI=1S/2C28H30N2O7S.C26H26N2O6/c2*1-36-14-13-29-16-22(15-20-9-5-3-6-10-20)30-17-23(24(31)19-38(2,34)35)26(32)27(25(30)28(29)33)37-18-21-11-7-4-8-12-21;1-33-13-12-27-15-20(14-18-8-4-2-5-9-18)28-16-21(26(31)32)23(29)24(22(28)25(27)30)34-17-19-10-6-3-7-11-19/h2*3-12,17,22H,13-16,18-19H2,1-2H3;2-11,16,20H,12-15,17H2,1H3,(H,31,32)/t2*22-;20-/m000/s1. The molecule has 1 N–H and O–H groups in total. The molecule has 9 aromatic rings. The van der Waals surface area contributed by atoms with Crippen molar-refractivity contribution >= 4 is 54.9 Å². The third kappa shape index (κ3) is 20.9. The lowest BCUT2D eigenvalue weighted by atomic mass is 10.00. The molecule has 0 bridgehead atoms. The molecule has 0 spiro atoms. The van der Waals surface area contributed by atoms with E-state index in [2.05, 4.69) is 0 Å². The predicted molar refractivity (Wildman–Crippen MR) is 410 cm³/mol. The van der Waals surface area contributed by atoms with E-state index in [9.17, 15) is 65.1 Å². The highest BCUT2D eigenvalue weighted by atomic mass is 32.2. The maximum atomic E-state index is 13.7. The van der Waals surface area contributed by atoms with Crippen molar-refractivity contribution < 1.29 is 79.1 Å². The van der Waals surface area contributed by atoms with Gasteiger partial charge in [-0.2, -0.15) is 0 Å². The molecule has 0 fully saturated rings. The zero-order chi connectivity index (χ0) is 78.7. The monoisotopic (exact) mass is 1540 g/mol. The molecular weight excluding hydrogens is 1450 g/mol. The second-order valence-corrected chi connectivity index (χ2v) is 31.0. The van der Waals surface area contributed by atoms with E-state index in [1.165, 1.54) is 18.6 Å². The van der Waals surface area contributed by atoms with Crippen LogP contribution < -0.4 is 30.5 Å². The number of aromatic carboxylic acids is 1. The zero-order valence-corrected chi connectivity index (χ0v) is 63.1. The van der Waals surface area contributed by atoms with Gasteiger partial charge >= 0.3 is 5.97 Å². The number of ether oxygens (including phenoxy) is 6. The quantitative estimate of drug-likeness (QED) is 0.0401. The number of hydrogen-bond donors (Lipinski definition) is 1. The van der Waals surface area contributed by atoms with E-state index < -0.39 is 88.3 Å². The number of sulfone groups is 2. The van der Waals surface area contributed by atoms with E-state index in [-0.39, 0.29) is 83.4 Å². The summed E-state index contributed by atoms with van der Waals surface area (Å²) in [5.41, 5.74) is 1.99. The highest BCUT2D eigenvalue weighted by Crippen LogP contribution is 2.34. The zero-order valence-electron chi connectivity index (χ0n) is 61.5. The number of pyridine rings is 3. The Labute approximate surface area is 636 Å². The van der Waals surface area contributed by atoms with Gasteiger partial charge in [-0.1, -0.05) is 182 Å². The number of carbonyl (C=O) groups is 6. The van der Waals surface area contributed by atoms with Crippen LogP contribution in [0.5, 0.6) is 17.2 Å². The Morgan fingerprint density at radius 3 is 0.845 bits per heavy atom. The van der Waals surface area contributed by atoms with E-state index in [4.69, 9.17) is 28.4 Å². The number of amides is 3. The fourth-order valence-corrected chi connectivity index (χ4v) is 14.4. The van der Waals surface area contributed by atoms with Gasteiger partial charge in [-0.3, -0.25) is 38.4 Å². The van der Waals surface area contributed by atoms with E-state index in [0.29, 0.717) is 78.4 Å². The molecule has 26 nitrogen and oxygen atoms in total. The molecule has 3 aliphatic heterocycles. The van der Waals surface area contributed by atoms with Gasteiger partial charge in [-0.05, 0) is 52.6 Å². The van der Waals surface area contributed by atoms with Crippen LogP contribution in [-0.4, -0.2) is 190 Å². The van der Waals surface area contributed by atoms with Gasteiger partial charge < -0.3 is 61.9 Å². The van der Waals surface area contributed by atoms with Crippen LogP contribution in [0.2, 0.25) is 0 Å². The van der Waals surface area contributed by atoms with Crippen molar-refractivity contribution in [3.63, 3.8) is 0 Å². The molecule has 3 aliphatic rings. The first-order valence-electron chi connectivity index (χ1n) is 35.3. The van der Waals surface area contributed by atoms with E-state index >= 15 is 0 Å². The van der Waals surface area contributed by atoms with Crippen molar-refractivity contribution in [3.8, 4) is 17.2 Å². The third-order valence-corrected chi connectivity index (χ3v) is 20.0. The number of aromatic nitrogens is 3. The summed E-state index contributed by atoms with van der Waals surface area (Å²) >= 11 is 0. The molecule has 3 aromatic heterocycles. The number of fused-ring (bicyclic) bond motifs is 3. The molecule has 0 saturated heterocycles. The number of nitrogens with zero attached hydrogens (tertiary/aromatic N) is 6. The molecule has 12 rings (SSSR count). The van der Waals surface area contributed by atoms with E-state index in [0.717, 1.165) is 45.9 Å². The van der Waals surface area contributed by atoms with Gasteiger partial charge in [-0.25, -0.2) is 21.6 Å². The lowest BCUT2D eigenvalue weighted by molar-refractivity contribution is 0.0580. The Bertz CT molecular complexity index is 4960. The molecule has 3 amide bonds. The molecule has 6 aromatic carbocycles. The summed E-state index contributed by atoms with van der Waals surface area (Å²) in [5.74, 6) is -6.70. The van der Waals surface area contributed by atoms with Crippen molar-refractivity contribution in [3.05, 3.63) is 298 Å². The molecule has 3 atom stereocenters. The Hall–Kier alpha value is -11.4. The van der Waals surface area contributed by atoms with E-state index in [1.807, 2.05) is 182 Å². The average Bonchev–Trinajstić information content (AvgIpc) is 0.759. The topological polar surface area (TPSA) is 322 Å². The maximum absolute atomic E-state index is 13.7. The van der Waals surface area contributed by atoms with Gasteiger partial charge in [-0.15, -0.1) is 0 Å². The van der Waals surface area contributed by atoms with Crippen LogP contribution >= 0.6 is 0 Å². The number of ketones is 2. The van der Waals surface area contributed by atoms with Gasteiger partial charge in [0.1, 0.15) is 36.9 Å². The summed E-state index contributed by atoms with van der Waals surface area (Å²) in [4.78, 5) is 124. The van der Waals surface area contributed by atoms with Crippen molar-refractivity contribution in [1.29, 1.82) is 0 Å². The molecule has 110 heavy (non-hydrogen) atoms. The van der Waals surface area contributed by atoms with Crippen LogP contribution in [0.15, 0.2) is 215 Å². The van der Waals surface area contributed by atoms with Crippen LogP contribution in [0.1, 0.15) is 114 Å². The fourth-order valence-electron chi connectivity index (χ4n) is 13.1. The summed E-state index contributed by atoms with van der Waals surface area (Å²) in [6.07, 6.45) is 7.33. The normalized spacial score (nSPS) is 15.2. The maximum Gasteiger partial charge on any atom is 0.341 e. The number of methoxy groups -OCH3 is 3. The largest absolute Gasteiger partial charge is 0.483 e. The molecule has 0 radical (unpaired) electrons.